The molecular formula is C13H20O3. The zero-order valence-electron chi connectivity index (χ0n) is 10.3. The molecule has 1 aromatic rings. The summed E-state index contributed by atoms with van der Waals surface area (Å²) >= 11 is 0. The number of furan rings is 1. The Morgan fingerprint density at radius 1 is 1.44 bits per heavy atom. The topological polar surface area (TPSA) is 39.4 Å². The number of carbonyl (C=O) groups is 1. The molecule has 0 radical (unpaired) electrons. The molecule has 0 N–H and O–H groups in total. The van der Waals surface area contributed by atoms with Crippen molar-refractivity contribution in [2.45, 2.75) is 40.0 Å². The van der Waals surface area contributed by atoms with Gasteiger partial charge in [0.05, 0.1) is 19.3 Å². The number of hydrogen-bond donors (Lipinski definition) is 0. The van der Waals surface area contributed by atoms with E-state index in [-0.39, 0.29) is 11.4 Å². The smallest absolute Gasteiger partial charge is 0.306 e. The molecule has 0 aliphatic carbocycles. The first-order chi connectivity index (χ1) is 7.47. The third-order valence-corrected chi connectivity index (χ3v) is 2.27. The minimum atomic E-state index is -0.152. The van der Waals surface area contributed by atoms with Gasteiger partial charge in [-0.2, -0.15) is 0 Å². The first-order valence-electron chi connectivity index (χ1n) is 5.65. The predicted octanol–water partition coefficient (Wildman–Crippen LogP) is 3.19. The van der Waals surface area contributed by atoms with Gasteiger partial charge in [0, 0.05) is 6.42 Å². The van der Waals surface area contributed by atoms with Crippen molar-refractivity contribution >= 4 is 5.97 Å². The fourth-order valence-electron chi connectivity index (χ4n) is 1.22. The minimum absolute atomic E-state index is 0.152. The molecule has 0 saturated carbocycles. The SMILES string of the molecule is CC(C)(C)CCOC(=O)CCc1ccco1. The van der Waals surface area contributed by atoms with E-state index in [2.05, 4.69) is 20.8 Å². The van der Waals surface area contributed by atoms with Crippen LogP contribution in [-0.4, -0.2) is 12.6 Å². The molecule has 0 fully saturated rings. The van der Waals surface area contributed by atoms with Crippen molar-refractivity contribution in [3.05, 3.63) is 24.2 Å². The van der Waals surface area contributed by atoms with E-state index in [1.165, 1.54) is 0 Å². The largest absolute Gasteiger partial charge is 0.469 e. The molecule has 1 heterocycles. The summed E-state index contributed by atoms with van der Waals surface area (Å²) in [5.41, 5.74) is 0.210. The molecule has 1 aromatic heterocycles. The van der Waals surface area contributed by atoms with Crippen molar-refractivity contribution in [1.29, 1.82) is 0 Å². The molecule has 90 valence electrons. The van der Waals surface area contributed by atoms with E-state index in [9.17, 15) is 4.79 Å². The van der Waals surface area contributed by atoms with Crippen molar-refractivity contribution < 1.29 is 13.9 Å². The Morgan fingerprint density at radius 3 is 2.75 bits per heavy atom. The van der Waals surface area contributed by atoms with Crippen LogP contribution in [0, 0.1) is 5.41 Å². The second-order valence-electron chi connectivity index (χ2n) is 5.11. The number of rotatable bonds is 5. The van der Waals surface area contributed by atoms with Gasteiger partial charge in [-0.3, -0.25) is 4.79 Å². The average Bonchev–Trinajstić information content (AvgIpc) is 2.65. The molecule has 1 rings (SSSR count). The lowest BCUT2D eigenvalue weighted by Gasteiger charge is -2.17. The van der Waals surface area contributed by atoms with Crippen LogP contribution in [0.25, 0.3) is 0 Å². The Labute approximate surface area is 96.8 Å². The quantitative estimate of drug-likeness (QED) is 0.721. The zero-order valence-corrected chi connectivity index (χ0v) is 10.3. The van der Waals surface area contributed by atoms with Crippen LogP contribution in [0.5, 0.6) is 0 Å². The van der Waals surface area contributed by atoms with Crippen LogP contribution in [0.1, 0.15) is 39.4 Å². The molecule has 0 aromatic carbocycles. The number of ether oxygens (including phenoxy) is 1. The van der Waals surface area contributed by atoms with E-state index in [1.54, 1.807) is 6.26 Å². The van der Waals surface area contributed by atoms with Gasteiger partial charge in [-0.05, 0) is 24.0 Å². The lowest BCUT2D eigenvalue weighted by molar-refractivity contribution is -0.144. The average molecular weight is 224 g/mol. The van der Waals surface area contributed by atoms with E-state index < -0.39 is 0 Å². The molecule has 0 amide bonds. The van der Waals surface area contributed by atoms with Gasteiger partial charge in [0.2, 0.25) is 0 Å². The molecule has 16 heavy (non-hydrogen) atoms. The van der Waals surface area contributed by atoms with Gasteiger partial charge in [0.15, 0.2) is 0 Å². The van der Waals surface area contributed by atoms with E-state index in [0.29, 0.717) is 19.4 Å². The zero-order chi connectivity index (χ0) is 12.0. The van der Waals surface area contributed by atoms with Gasteiger partial charge in [0.25, 0.3) is 0 Å². The summed E-state index contributed by atoms with van der Waals surface area (Å²) in [7, 11) is 0. The first-order valence-corrected chi connectivity index (χ1v) is 5.65. The first kappa shape index (κ1) is 12.8. The van der Waals surface area contributed by atoms with Crippen LogP contribution >= 0.6 is 0 Å². The highest BCUT2D eigenvalue weighted by molar-refractivity contribution is 5.69. The van der Waals surface area contributed by atoms with Crippen LogP contribution in [0.15, 0.2) is 22.8 Å². The van der Waals surface area contributed by atoms with Gasteiger partial charge >= 0.3 is 5.97 Å². The molecule has 0 aliphatic heterocycles. The molecule has 3 heteroatoms. The Balaban J connectivity index is 2.12. The molecule has 0 aliphatic rings. The van der Waals surface area contributed by atoms with E-state index in [0.717, 1.165) is 12.2 Å². The second kappa shape index (κ2) is 5.73. The maximum Gasteiger partial charge on any atom is 0.306 e. The van der Waals surface area contributed by atoms with Crippen molar-refractivity contribution in [3.63, 3.8) is 0 Å². The Morgan fingerprint density at radius 2 is 2.19 bits per heavy atom. The summed E-state index contributed by atoms with van der Waals surface area (Å²) in [5.74, 6) is 0.674. The summed E-state index contributed by atoms with van der Waals surface area (Å²) in [6.07, 6.45) is 3.50. The number of esters is 1. The number of carbonyl (C=O) groups excluding carboxylic acids is 1. The monoisotopic (exact) mass is 224 g/mol. The van der Waals surface area contributed by atoms with Crippen LogP contribution in [0.4, 0.5) is 0 Å². The third kappa shape index (κ3) is 5.59. The number of hydrogen-bond acceptors (Lipinski definition) is 3. The molecule has 0 saturated heterocycles. The molecule has 3 nitrogen and oxygen atoms in total. The molecule has 0 spiro atoms. The van der Waals surface area contributed by atoms with Crippen molar-refractivity contribution in [1.82, 2.24) is 0 Å². The fourth-order valence-corrected chi connectivity index (χ4v) is 1.22. The van der Waals surface area contributed by atoms with Crippen molar-refractivity contribution in [2.24, 2.45) is 5.41 Å². The van der Waals surface area contributed by atoms with Crippen molar-refractivity contribution in [3.8, 4) is 0 Å². The highest BCUT2D eigenvalue weighted by Crippen LogP contribution is 2.18. The van der Waals surface area contributed by atoms with Gasteiger partial charge in [0.1, 0.15) is 5.76 Å². The molecule has 0 unspecified atom stereocenters. The summed E-state index contributed by atoms with van der Waals surface area (Å²) in [5, 5.41) is 0. The van der Waals surface area contributed by atoms with Gasteiger partial charge < -0.3 is 9.15 Å². The van der Waals surface area contributed by atoms with E-state index in [1.807, 2.05) is 12.1 Å². The van der Waals surface area contributed by atoms with Crippen LogP contribution in [0.2, 0.25) is 0 Å². The van der Waals surface area contributed by atoms with Crippen LogP contribution < -0.4 is 0 Å². The van der Waals surface area contributed by atoms with Crippen LogP contribution in [0.3, 0.4) is 0 Å². The van der Waals surface area contributed by atoms with E-state index in [4.69, 9.17) is 9.15 Å². The van der Waals surface area contributed by atoms with Gasteiger partial charge in [-0.25, -0.2) is 0 Å². The van der Waals surface area contributed by atoms with E-state index >= 15 is 0 Å². The van der Waals surface area contributed by atoms with Gasteiger partial charge in [-0.1, -0.05) is 20.8 Å². The predicted molar refractivity (Wildman–Crippen MR) is 62.1 cm³/mol. The second-order valence-corrected chi connectivity index (χ2v) is 5.11. The molecule has 0 atom stereocenters. The summed E-state index contributed by atoms with van der Waals surface area (Å²) in [6.45, 7) is 6.89. The Hall–Kier alpha value is -1.25. The molecule has 0 bridgehead atoms. The summed E-state index contributed by atoms with van der Waals surface area (Å²) < 4.78 is 10.3. The highest BCUT2D eigenvalue weighted by Gasteiger charge is 2.11. The lowest BCUT2D eigenvalue weighted by Crippen LogP contribution is -2.13. The molecular weight excluding hydrogens is 204 g/mol. The highest BCUT2D eigenvalue weighted by atomic mass is 16.5. The maximum absolute atomic E-state index is 11.4. The Kier molecular flexibility index (Phi) is 4.59. The summed E-state index contributed by atoms with van der Waals surface area (Å²) in [4.78, 5) is 11.4. The lowest BCUT2D eigenvalue weighted by atomic mass is 9.93. The normalized spacial score (nSPS) is 11.4. The standard InChI is InChI=1S/C13H20O3/c1-13(2,3)8-10-16-12(14)7-6-11-5-4-9-15-11/h4-5,9H,6-8,10H2,1-3H3. The minimum Gasteiger partial charge on any atom is -0.469 e. The number of aryl methyl sites for hydroxylation is 1. The summed E-state index contributed by atoms with van der Waals surface area (Å²) in [6, 6.07) is 3.68. The maximum atomic E-state index is 11.4. The fraction of sp³-hybridized carbons (Fsp3) is 0.615. The van der Waals surface area contributed by atoms with Gasteiger partial charge in [-0.15, -0.1) is 0 Å². The van der Waals surface area contributed by atoms with Crippen molar-refractivity contribution in [2.75, 3.05) is 6.61 Å². The third-order valence-electron chi connectivity index (χ3n) is 2.27. The Bertz CT molecular complexity index is 306. The van der Waals surface area contributed by atoms with Crippen LogP contribution in [-0.2, 0) is 16.0 Å².